The van der Waals surface area contributed by atoms with Crippen LogP contribution in [0.4, 0.5) is 4.39 Å². The Morgan fingerprint density at radius 1 is 1.32 bits per heavy atom. The quantitative estimate of drug-likeness (QED) is 0.438. The highest BCUT2D eigenvalue weighted by Crippen LogP contribution is 2.29. The average molecular weight is 260 g/mol. The van der Waals surface area contributed by atoms with Crippen LogP contribution in [0.2, 0.25) is 0 Å². The van der Waals surface area contributed by atoms with E-state index >= 15 is 0 Å². The molecule has 1 aromatic heterocycles. The number of aromatic nitrogens is 1. The lowest BCUT2D eigenvalue weighted by Gasteiger charge is -2.11. The van der Waals surface area contributed by atoms with Crippen molar-refractivity contribution in [2.45, 2.75) is 39.3 Å². The molecule has 1 unspecified atom stereocenters. The van der Waals surface area contributed by atoms with Gasteiger partial charge in [0.15, 0.2) is 0 Å². The summed E-state index contributed by atoms with van der Waals surface area (Å²) in [5, 5.41) is 4.60. The number of benzene rings is 1. The molecule has 1 atom stereocenters. The molecule has 4 nitrogen and oxygen atoms in total. The van der Waals surface area contributed by atoms with E-state index in [1.807, 2.05) is 37.6 Å². The number of fused-ring (bicyclic) bond motifs is 1. The summed E-state index contributed by atoms with van der Waals surface area (Å²) in [4.78, 5) is 2.81. The molecule has 2 aromatic rings. The third-order valence-electron chi connectivity index (χ3n) is 3.23. The second kappa shape index (κ2) is 5.33. The monoisotopic (exact) mass is 260 g/mol. The summed E-state index contributed by atoms with van der Waals surface area (Å²) in [5.74, 6) is -0.0301. The standard InChI is InChI=1S/C14H17FN4/c1-9(2)14-11-6-7-19(8-10(3)17-18-16)13(11)5-4-12(14)15/h4-7,9-10H,8H2,1-3H3. The van der Waals surface area contributed by atoms with Crippen LogP contribution < -0.4 is 0 Å². The Balaban J connectivity index is 2.50. The Morgan fingerprint density at radius 3 is 2.68 bits per heavy atom. The highest BCUT2D eigenvalue weighted by molar-refractivity contribution is 5.84. The lowest BCUT2D eigenvalue weighted by Crippen LogP contribution is -2.08. The van der Waals surface area contributed by atoms with Crippen LogP contribution in [0.3, 0.4) is 0 Å². The maximum atomic E-state index is 13.9. The van der Waals surface area contributed by atoms with Crippen LogP contribution in [-0.4, -0.2) is 10.6 Å². The molecule has 0 N–H and O–H groups in total. The molecule has 2 rings (SSSR count). The fourth-order valence-corrected chi connectivity index (χ4v) is 2.42. The topological polar surface area (TPSA) is 53.7 Å². The molecule has 0 aliphatic rings. The normalized spacial score (nSPS) is 12.7. The molecule has 0 fully saturated rings. The summed E-state index contributed by atoms with van der Waals surface area (Å²) in [5.41, 5.74) is 10.2. The zero-order valence-electron chi connectivity index (χ0n) is 11.3. The van der Waals surface area contributed by atoms with Crippen molar-refractivity contribution in [1.29, 1.82) is 0 Å². The molecule has 0 spiro atoms. The van der Waals surface area contributed by atoms with Crippen LogP contribution in [0.25, 0.3) is 21.3 Å². The highest BCUT2D eigenvalue weighted by atomic mass is 19.1. The largest absolute Gasteiger partial charge is 0.347 e. The van der Waals surface area contributed by atoms with Gasteiger partial charge in [0.1, 0.15) is 5.82 Å². The van der Waals surface area contributed by atoms with Crippen LogP contribution in [0, 0.1) is 5.82 Å². The Bertz CT molecular complexity index is 638. The molecule has 1 aromatic carbocycles. The summed E-state index contributed by atoms with van der Waals surface area (Å²) in [6.45, 7) is 6.42. The molecule has 0 bridgehead atoms. The van der Waals surface area contributed by atoms with Crippen LogP contribution >= 0.6 is 0 Å². The van der Waals surface area contributed by atoms with E-state index in [0.717, 1.165) is 16.5 Å². The molecular weight excluding hydrogens is 243 g/mol. The first-order valence-electron chi connectivity index (χ1n) is 6.36. The minimum atomic E-state index is -0.164. The molecule has 0 radical (unpaired) electrons. The van der Waals surface area contributed by atoms with Crippen molar-refractivity contribution >= 4 is 10.9 Å². The molecule has 19 heavy (non-hydrogen) atoms. The summed E-state index contributed by atoms with van der Waals surface area (Å²) in [6, 6.07) is 5.08. The average Bonchev–Trinajstić information content (AvgIpc) is 2.71. The first-order chi connectivity index (χ1) is 9.04. The van der Waals surface area contributed by atoms with E-state index in [-0.39, 0.29) is 17.8 Å². The van der Waals surface area contributed by atoms with Gasteiger partial charge < -0.3 is 4.57 Å². The van der Waals surface area contributed by atoms with E-state index in [0.29, 0.717) is 6.54 Å². The van der Waals surface area contributed by atoms with E-state index in [1.54, 1.807) is 6.07 Å². The molecule has 0 saturated carbocycles. The van der Waals surface area contributed by atoms with Gasteiger partial charge in [0.25, 0.3) is 0 Å². The number of hydrogen-bond acceptors (Lipinski definition) is 1. The zero-order chi connectivity index (χ0) is 14.0. The maximum absolute atomic E-state index is 13.9. The zero-order valence-corrected chi connectivity index (χ0v) is 11.3. The molecule has 0 amide bonds. The van der Waals surface area contributed by atoms with Gasteiger partial charge in [0.2, 0.25) is 0 Å². The summed E-state index contributed by atoms with van der Waals surface area (Å²) >= 11 is 0. The minimum Gasteiger partial charge on any atom is -0.347 e. The maximum Gasteiger partial charge on any atom is 0.127 e. The van der Waals surface area contributed by atoms with Gasteiger partial charge >= 0.3 is 0 Å². The van der Waals surface area contributed by atoms with Crippen molar-refractivity contribution in [1.82, 2.24) is 4.57 Å². The second-order valence-electron chi connectivity index (χ2n) is 5.07. The number of nitrogens with zero attached hydrogens (tertiary/aromatic N) is 4. The first-order valence-corrected chi connectivity index (χ1v) is 6.36. The van der Waals surface area contributed by atoms with Crippen LogP contribution in [0.15, 0.2) is 29.5 Å². The molecule has 0 aliphatic carbocycles. The Morgan fingerprint density at radius 2 is 2.05 bits per heavy atom. The SMILES string of the molecule is CC(Cn1ccc2c(C(C)C)c(F)ccc21)N=[N+]=[N-]. The Labute approximate surface area is 111 Å². The number of azide groups is 1. The predicted octanol–water partition coefficient (Wildman–Crippen LogP) is 4.60. The summed E-state index contributed by atoms with van der Waals surface area (Å²) in [7, 11) is 0. The molecule has 0 saturated heterocycles. The van der Waals surface area contributed by atoms with E-state index in [2.05, 4.69) is 10.0 Å². The number of rotatable bonds is 4. The van der Waals surface area contributed by atoms with Crippen molar-refractivity contribution in [3.63, 3.8) is 0 Å². The van der Waals surface area contributed by atoms with E-state index in [4.69, 9.17) is 5.53 Å². The molecule has 100 valence electrons. The fourth-order valence-electron chi connectivity index (χ4n) is 2.42. The fraction of sp³-hybridized carbons (Fsp3) is 0.429. The smallest absolute Gasteiger partial charge is 0.127 e. The van der Waals surface area contributed by atoms with Gasteiger partial charge in [-0.1, -0.05) is 25.9 Å². The lowest BCUT2D eigenvalue weighted by molar-refractivity contribution is 0.596. The number of halogens is 1. The van der Waals surface area contributed by atoms with E-state index in [9.17, 15) is 4.39 Å². The predicted molar refractivity (Wildman–Crippen MR) is 74.6 cm³/mol. The van der Waals surface area contributed by atoms with Gasteiger partial charge in [-0.2, -0.15) is 0 Å². The van der Waals surface area contributed by atoms with Crippen molar-refractivity contribution in [2.75, 3.05) is 0 Å². The van der Waals surface area contributed by atoms with E-state index in [1.165, 1.54) is 6.07 Å². The summed E-state index contributed by atoms with van der Waals surface area (Å²) in [6.07, 6.45) is 1.92. The minimum absolute atomic E-state index is 0.131. The molecule has 1 heterocycles. The lowest BCUT2D eigenvalue weighted by atomic mass is 9.99. The highest BCUT2D eigenvalue weighted by Gasteiger charge is 2.14. The van der Waals surface area contributed by atoms with Crippen molar-refractivity contribution in [3.05, 3.63) is 46.2 Å². The van der Waals surface area contributed by atoms with Crippen molar-refractivity contribution < 1.29 is 4.39 Å². The van der Waals surface area contributed by atoms with Gasteiger partial charge in [0, 0.05) is 28.6 Å². The Kier molecular flexibility index (Phi) is 3.76. The van der Waals surface area contributed by atoms with Crippen LogP contribution in [-0.2, 0) is 6.54 Å². The third-order valence-corrected chi connectivity index (χ3v) is 3.23. The molecular formula is C14H17FN4. The third kappa shape index (κ3) is 2.56. The molecule has 0 aliphatic heterocycles. The molecule has 5 heteroatoms. The van der Waals surface area contributed by atoms with Gasteiger partial charge in [-0.3, -0.25) is 0 Å². The van der Waals surface area contributed by atoms with Gasteiger partial charge in [0.05, 0.1) is 6.04 Å². The van der Waals surface area contributed by atoms with Crippen molar-refractivity contribution in [2.24, 2.45) is 5.11 Å². The van der Waals surface area contributed by atoms with Gasteiger partial charge in [-0.15, -0.1) is 0 Å². The second-order valence-corrected chi connectivity index (χ2v) is 5.07. The van der Waals surface area contributed by atoms with Crippen molar-refractivity contribution in [3.8, 4) is 0 Å². The first kappa shape index (κ1) is 13.4. The van der Waals surface area contributed by atoms with E-state index < -0.39 is 0 Å². The Hall–Kier alpha value is -2.00. The summed E-state index contributed by atoms with van der Waals surface area (Å²) < 4.78 is 15.9. The van der Waals surface area contributed by atoms with Crippen LogP contribution in [0.5, 0.6) is 0 Å². The van der Waals surface area contributed by atoms with Gasteiger partial charge in [-0.05, 0) is 35.2 Å². The van der Waals surface area contributed by atoms with Crippen LogP contribution in [0.1, 0.15) is 32.3 Å². The number of hydrogen-bond donors (Lipinski definition) is 0. The van der Waals surface area contributed by atoms with Gasteiger partial charge in [-0.25, -0.2) is 4.39 Å².